The van der Waals surface area contributed by atoms with Crippen molar-refractivity contribution in [3.63, 3.8) is 0 Å². The summed E-state index contributed by atoms with van der Waals surface area (Å²) in [4.78, 5) is 14.8. The zero-order chi connectivity index (χ0) is 19.7. The summed E-state index contributed by atoms with van der Waals surface area (Å²) in [5.74, 6) is 0.486. The average Bonchev–Trinajstić information content (AvgIpc) is 3.03. The first kappa shape index (κ1) is 18.9. The van der Waals surface area contributed by atoms with Crippen molar-refractivity contribution in [2.75, 3.05) is 21.3 Å². The van der Waals surface area contributed by atoms with Crippen molar-refractivity contribution in [1.29, 1.82) is 0 Å². The Hall–Kier alpha value is -2.86. The quantitative estimate of drug-likeness (QED) is 0.651. The minimum atomic E-state index is -0.942. The number of carboxylic acids is 1. The number of aliphatic carboxylic acids is 1. The third-order valence-corrected chi connectivity index (χ3v) is 4.81. The van der Waals surface area contributed by atoms with Crippen molar-refractivity contribution in [3.05, 3.63) is 40.4 Å². The minimum Gasteiger partial charge on any atom is -0.493 e. The van der Waals surface area contributed by atoms with E-state index in [1.807, 2.05) is 13.0 Å². The Morgan fingerprint density at radius 3 is 2.26 bits per heavy atom. The number of aromatic amines is 1. The van der Waals surface area contributed by atoms with Gasteiger partial charge in [0.1, 0.15) is 0 Å². The van der Waals surface area contributed by atoms with E-state index in [0.717, 1.165) is 11.1 Å². The molecule has 0 bridgehead atoms. The second kappa shape index (κ2) is 7.40. The maximum absolute atomic E-state index is 11.5. The predicted molar refractivity (Wildman–Crippen MR) is 104 cm³/mol. The van der Waals surface area contributed by atoms with Gasteiger partial charge in [-0.2, -0.15) is 0 Å². The van der Waals surface area contributed by atoms with Gasteiger partial charge < -0.3 is 24.3 Å². The van der Waals surface area contributed by atoms with E-state index >= 15 is 0 Å². The van der Waals surface area contributed by atoms with Crippen LogP contribution in [0.1, 0.15) is 11.1 Å². The van der Waals surface area contributed by atoms with Crippen molar-refractivity contribution >= 4 is 28.5 Å². The summed E-state index contributed by atoms with van der Waals surface area (Å²) >= 11 is 6.40. The van der Waals surface area contributed by atoms with Gasteiger partial charge in [-0.05, 0) is 36.2 Å². The van der Waals surface area contributed by atoms with Crippen LogP contribution in [0.4, 0.5) is 0 Å². The minimum absolute atomic E-state index is 0.171. The van der Waals surface area contributed by atoms with Crippen LogP contribution in [0.2, 0.25) is 5.02 Å². The Morgan fingerprint density at radius 2 is 1.74 bits per heavy atom. The molecule has 0 saturated carbocycles. The second-order valence-electron chi connectivity index (χ2n) is 6.08. The Bertz CT molecular complexity index is 1000. The molecule has 2 N–H and O–H groups in total. The first-order valence-electron chi connectivity index (χ1n) is 8.23. The molecule has 3 rings (SSSR count). The number of halogens is 1. The Kier molecular flexibility index (Phi) is 5.19. The number of carboxylic acid groups (broad SMARTS) is 1. The highest BCUT2D eigenvalue weighted by molar-refractivity contribution is 6.36. The maximum atomic E-state index is 11.5. The number of benzene rings is 2. The normalized spacial score (nSPS) is 10.9. The van der Waals surface area contributed by atoms with E-state index in [4.69, 9.17) is 25.8 Å². The second-order valence-corrected chi connectivity index (χ2v) is 6.48. The van der Waals surface area contributed by atoms with E-state index in [-0.39, 0.29) is 6.42 Å². The van der Waals surface area contributed by atoms with Crippen LogP contribution < -0.4 is 14.2 Å². The summed E-state index contributed by atoms with van der Waals surface area (Å²) < 4.78 is 16.2. The van der Waals surface area contributed by atoms with Crippen LogP contribution >= 0.6 is 11.6 Å². The summed E-state index contributed by atoms with van der Waals surface area (Å²) in [5, 5.41) is 10.6. The first-order valence-corrected chi connectivity index (χ1v) is 8.60. The van der Waals surface area contributed by atoms with Crippen molar-refractivity contribution in [2.45, 2.75) is 13.3 Å². The molecule has 0 aliphatic carbocycles. The van der Waals surface area contributed by atoms with Crippen molar-refractivity contribution in [2.24, 2.45) is 0 Å². The molecule has 0 unspecified atom stereocenters. The number of methoxy groups -OCH3 is 3. The number of fused-ring (bicyclic) bond motifs is 1. The van der Waals surface area contributed by atoms with E-state index in [0.29, 0.717) is 44.5 Å². The number of H-pyrrole nitrogens is 1. The van der Waals surface area contributed by atoms with E-state index < -0.39 is 5.97 Å². The van der Waals surface area contributed by atoms with Crippen LogP contribution in [0.3, 0.4) is 0 Å². The third kappa shape index (κ3) is 3.28. The monoisotopic (exact) mass is 389 g/mol. The number of rotatable bonds is 6. The van der Waals surface area contributed by atoms with E-state index in [9.17, 15) is 9.90 Å². The van der Waals surface area contributed by atoms with Gasteiger partial charge >= 0.3 is 5.97 Å². The molecular weight excluding hydrogens is 370 g/mol. The number of hydrogen-bond acceptors (Lipinski definition) is 4. The Morgan fingerprint density at radius 1 is 1.11 bits per heavy atom. The maximum Gasteiger partial charge on any atom is 0.307 e. The van der Waals surface area contributed by atoms with Gasteiger partial charge in [0.05, 0.1) is 44.0 Å². The highest BCUT2D eigenvalue weighted by Gasteiger charge is 2.22. The number of ether oxygens (including phenoxy) is 3. The number of nitrogens with one attached hydrogen (secondary N) is 1. The van der Waals surface area contributed by atoms with E-state index in [2.05, 4.69) is 4.98 Å². The van der Waals surface area contributed by atoms with Gasteiger partial charge in [-0.25, -0.2) is 0 Å². The third-order valence-electron chi connectivity index (χ3n) is 4.50. The Balaban J connectivity index is 2.36. The summed E-state index contributed by atoms with van der Waals surface area (Å²) in [6.45, 7) is 1.94. The van der Waals surface area contributed by atoms with Crippen LogP contribution in [0, 0.1) is 6.92 Å². The molecule has 142 valence electrons. The van der Waals surface area contributed by atoms with Crippen LogP contribution in [0.25, 0.3) is 22.2 Å². The van der Waals surface area contributed by atoms with Gasteiger partial charge in [0, 0.05) is 10.9 Å². The molecule has 0 fully saturated rings. The lowest BCUT2D eigenvalue weighted by atomic mass is 10.0. The van der Waals surface area contributed by atoms with Gasteiger partial charge in [-0.1, -0.05) is 17.7 Å². The molecule has 3 aromatic rings. The van der Waals surface area contributed by atoms with Gasteiger partial charge in [0.15, 0.2) is 11.5 Å². The SMILES string of the molecule is COc1cc(-c2[nH]c3c(C)ccc(Cl)c3c2CC(=O)O)cc(OC)c1OC. The number of aromatic nitrogens is 1. The zero-order valence-electron chi connectivity index (χ0n) is 15.5. The fraction of sp³-hybridized carbons (Fsp3) is 0.250. The Labute approximate surface area is 161 Å². The fourth-order valence-electron chi connectivity index (χ4n) is 3.26. The number of aryl methyl sites for hydroxylation is 1. The smallest absolute Gasteiger partial charge is 0.307 e. The summed E-state index contributed by atoms with van der Waals surface area (Å²) in [7, 11) is 4.60. The molecule has 0 atom stereocenters. The molecule has 0 spiro atoms. The van der Waals surface area contributed by atoms with E-state index in [1.165, 1.54) is 21.3 Å². The van der Waals surface area contributed by atoms with Crippen molar-refractivity contribution < 1.29 is 24.1 Å². The van der Waals surface area contributed by atoms with Crippen LogP contribution in [-0.2, 0) is 11.2 Å². The lowest BCUT2D eigenvalue weighted by Gasteiger charge is -2.14. The number of hydrogen-bond donors (Lipinski definition) is 2. The van der Waals surface area contributed by atoms with Crippen LogP contribution in [0.5, 0.6) is 17.2 Å². The zero-order valence-corrected chi connectivity index (χ0v) is 16.2. The molecule has 0 radical (unpaired) electrons. The first-order chi connectivity index (χ1) is 12.9. The largest absolute Gasteiger partial charge is 0.493 e. The molecule has 1 heterocycles. The standard InChI is InChI=1S/C20H20ClNO5/c1-10-5-6-13(21)17-12(9-16(23)24)19(22-18(10)17)11-7-14(25-2)20(27-4)15(8-11)26-3/h5-8,22H,9H2,1-4H3,(H,23,24). The lowest BCUT2D eigenvalue weighted by molar-refractivity contribution is -0.136. The van der Waals surface area contributed by atoms with Crippen molar-refractivity contribution in [1.82, 2.24) is 4.98 Å². The highest BCUT2D eigenvalue weighted by atomic mass is 35.5. The highest BCUT2D eigenvalue weighted by Crippen LogP contribution is 2.43. The topological polar surface area (TPSA) is 80.8 Å². The van der Waals surface area contributed by atoms with E-state index in [1.54, 1.807) is 18.2 Å². The van der Waals surface area contributed by atoms with Gasteiger partial charge in [-0.15, -0.1) is 0 Å². The molecule has 27 heavy (non-hydrogen) atoms. The predicted octanol–water partition coefficient (Wildman–Crippen LogP) is 4.45. The lowest BCUT2D eigenvalue weighted by Crippen LogP contribution is -2.02. The molecule has 7 heteroatoms. The number of carbonyl (C=O) groups is 1. The molecular formula is C20H20ClNO5. The molecule has 2 aromatic carbocycles. The fourth-order valence-corrected chi connectivity index (χ4v) is 3.53. The molecule has 6 nitrogen and oxygen atoms in total. The summed E-state index contributed by atoms with van der Waals surface area (Å²) in [5.41, 5.74) is 3.76. The molecule has 0 amide bonds. The van der Waals surface area contributed by atoms with Gasteiger partial charge in [0.25, 0.3) is 0 Å². The van der Waals surface area contributed by atoms with Gasteiger partial charge in [-0.3, -0.25) is 4.79 Å². The molecule has 0 saturated heterocycles. The van der Waals surface area contributed by atoms with Crippen molar-refractivity contribution in [3.8, 4) is 28.5 Å². The van der Waals surface area contributed by atoms with Crippen LogP contribution in [0.15, 0.2) is 24.3 Å². The van der Waals surface area contributed by atoms with Crippen LogP contribution in [-0.4, -0.2) is 37.4 Å². The molecule has 0 aliphatic rings. The molecule has 0 aliphatic heterocycles. The average molecular weight is 390 g/mol. The summed E-state index contributed by atoms with van der Waals surface area (Å²) in [6, 6.07) is 7.23. The van der Waals surface area contributed by atoms with Gasteiger partial charge in [0.2, 0.25) is 5.75 Å². The summed E-state index contributed by atoms with van der Waals surface area (Å²) in [6.07, 6.45) is -0.171. The molecule has 1 aromatic heterocycles.